The molecule has 0 aromatic carbocycles. The Morgan fingerprint density at radius 2 is 2.00 bits per heavy atom. The lowest BCUT2D eigenvalue weighted by molar-refractivity contribution is -0.139. The van der Waals surface area contributed by atoms with Crippen LogP contribution in [-0.2, 0) is 4.79 Å². The van der Waals surface area contributed by atoms with E-state index in [2.05, 4.69) is 9.88 Å². The fraction of sp³-hybridized carbons (Fsp3) is 0.700. The monoisotopic (exact) mass is 361 g/mol. The van der Waals surface area contributed by atoms with Gasteiger partial charge >= 0.3 is 0 Å². The summed E-state index contributed by atoms with van der Waals surface area (Å²) in [6.07, 6.45) is 7.39. The number of aliphatic hydroxyl groups is 1. The number of aliphatic hydroxyl groups excluding tert-OH is 1. The van der Waals surface area contributed by atoms with Crippen molar-refractivity contribution >= 4 is 11.7 Å². The highest BCUT2D eigenvalue weighted by molar-refractivity contribution is 5.86. The molecular weight excluding hydrogens is 333 g/mol. The normalized spacial score (nSPS) is 32.5. The van der Waals surface area contributed by atoms with Gasteiger partial charge in [-0.25, -0.2) is 9.37 Å². The van der Waals surface area contributed by atoms with Crippen molar-refractivity contribution in [3.8, 4) is 0 Å². The second-order valence-electron chi connectivity index (χ2n) is 8.28. The van der Waals surface area contributed by atoms with Crippen molar-refractivity contribution in [3.05, 3.63) is 23.6 Å². The maximum atomic E-state index is 14.5. The number of aryl methyl sites for hydroxylation is 1. The Hall–Kier alpha value is -1.69. The number of hydrogen-bond donors (Lipinski definition) is 1. The molecule has 1 aromatic heterocycles. The molecule has 2 aliphatic heterocycles. The predicted octanol–water partition coefficient (Wildman–Crippen LogP) is 2.65. The lowest BCUT2D eigenvalue weighted by atomic mass is 9.78. The minimum Gasteiger partial charge on any atom is -0.393 e. The van der Waals surface area contributed by atoms with Crippen molar-refractivity contribution < 1.29 is 14.3 Å². The molecule has 5 nitrogen and oxygen atoms in total. The molecule has 1 spiro atoms. The minimum atomic E-state index is -0.397. The zero-order valence-electron chi connectivity index (χ0n) is 15.5. The maximum Gasteiger partial charge on any atom is 0.230 e. The van der Waals surface area contributed by atoms with Crippen molar-refractivity contribution in [2.24, 2.45) is 5.41 Å². The first-order valence-corrected chi connectivity index (χ1v) is 9.85. The van der Waals surface area contributed by atoms with Crippen LogP contribution < -0.4 is 4.90 Å². The highest BCUT2D eigenvalue weighted by atomic mass is 19.1. The quantitative estimate of drug-likeness (QED) is 0.880. The highest BCUT2D eigenvalue weighted by Crippen LogP contribution is 2.43. The van der Waals surface area contributed by atoms with Gasteiger partial charge in [-0.2, -0.15) is 0 Å². The molecule has 3 aliphatic rings. The lowest BCUT2D eigenvalue weighted by Gasteiger charge is -2.41. The molecule has 142 valence electrons. The first kappa shape index (κ1) is 17.7. The number of piperidine rings is 1. The average Bonchev–Trinajstić information content (AvgIpc) is 2.94. The van der Waals surface area contributed by atoms with E-state index in [0.717, 1.165) is 58.0 Å². The molecule has 6 heteroatoms. The number of halogens is 1. The smallest absolute Gasteiger partial charge is 0.230 e. The van der Waals surface area contributed by atoms with Crippen molar-refractivity contribution in [2.75, 3.05) is 24.5 Å². The first-order chi connectivity index (χ1) is 12.5. The van der Waals surface area contributed by atoms with Crippen molar-refractivity contribution in [3.63, 3.8) is 0 Å². The van der Waals surface area contributed by atoms with Crippen molar-refractivity contribution in [1.29, 1.82) is 0 Å². The van der Waals surface area contributed by atoms with Crippen LogP contribution in [0.1, 0.15) is 50.5 Å². The van der Waals surface area contributed by atoms with Crippen LogP contribution in [0.25, 0.3) is 0 Å². The number of pyridine rings is 1. The van der Waals surface area contributed by atoms with Crippen molar-refractivity contribution in [2.45, 2.75) is 64.0 Å². The van der Waals surface area contributed by atoms with Crippen LogP contribution >= 0.6 is 0 Å². The molecule has 2 saturated heterocycles. The van der Waals surface area contributed by atoms with Crippen LogP contribution in [0.4, 0.5) is 10.2 Å². The highest BCUT2D eigenvalue weighted by Gasteiger charge is 2.51. The van der Waals surface area contributed by atoms with Gasteiger partial charge in [0.25, 0.3) is 0 Å². The van der Waals surface area contributed by atoms with Crippen LogP contribution in [0, 0.1) is 18.2 Å². The summed E-state index contributed by atoms with van der Waals surface area (Å²) in [7, 11) is 0. The number of nitrogens with zero attached hydrogens (tertiary/aromatic N) is 3. The van der Waals surface area contributed by atoms with Gasteiger partial charge in [-0.1, -0.05) is 0 Å². The average molecular weight is 361 g/mol. The zero-order chi connectivity index (χ0) is 18.3. The van der Waals surface area contributed by atoms with Gasteiger partial charge in [0.05, 0.1) is 11.5 Å². The lowest BCUT2D eigenvalue weighted by Crippen LogP contribution is -2.50. The molecule has 1 aliphatic carbocycles. The number of aromatic nitrogens is 1. The summed E-state index contributed by atoms with van der Waals surface area (Å²) >= 11 is 0. The molecule has 0 unspecified atom stereocenters. The summed E-state index contributed by atoms with van der Waals surface area (Å²) in [4.78, 5) is 21.6. The van der Waals surface area contributed by atoms with Crippen LogP contribution in [-0.4, -0.2) is 52.7 Å². The fourth-order valence-corrected chi connectivity index (χ4v) is 5.00. The van der Waals surface area contributed by atoms with E-state index < -0.39 is 5.41 Å². The summed E-state index contributed by atoms with van der Waals surface area (Å²) in [5.74, 6) is 0.348. The van der Waals surface area contributed by atoms with Crippen LogP contribution in [0.5, 0.6) is 0 Å². The topological polar surface area (TPSA) is 56.7 Å². The zero-order valence-corrected chi connectivity index (χ0v) is 15.5. The summed E-state index contributed by atoms with van der Waals surface area (Å²) in [6, 6.07) is 1.94. The molecule has 4 rings (SSSR count). The van der Waals surface area contributed by atoms with Gasteiger partial charge < -0.3 is 14.9 Å². The number of carbonyl (C=O) groups excluding carboxylic acids is 1. The molecule has 1 aromatic rings. The third-order valence-electron chi connectivity index (χ3n) is 6.59. The summed E-state index contributed by atoms with van der Waals surface area (Å²) < 4.78 is 14.5. The molecule has 1 N–H and O–H groups in total. The van der Waals surface area contributed by atoms with Gasteiger partial charge in [0.15, 0.2) is 11.6 Å². The summed E-state index contributed by atoms with van der Waals surface area (Å²) in [5, 5.41) is 9.73. The Bertz CT molecular complexity index is 690. The van der Waals surface area contributed by atoms with Crippen LogP contribution in [0.3, 0.4) is 0 Å². The fourth-order valence-electron chi connectivity index (χ4n) is 5.00. The molecule has 1 saturated carbocycles. The Balaban J connectivity index is 1.52. The van der Waals surface area contributed by atoms with E-state index in [1.807, 2.05) is 4.90 Å². The SMILES string of the molecule is Cc1ccnc(N2CCC[C@]3(CCN(C4CCC(O)CC4)C3=O)C2)c1F. The standard InChI is InChI=1S/C20H28FN3O2/c1-14-7-10-22-18(17(14)21)23-11-2-8-20(13-23)9-12-24(19(20)26)15-3-5-16(25)6-4-15/h7,10,15-16,25H,2-6,8-9,11-13H2,1H3/t15?,16?,20-/m0/s1. The Kier molecular flexibility index (Phi) is 4.63. The number of hydrogen-bond acceptors (Lipinski definition) is 4. The molecule has 0 radical (unpaired) electrons. The second-order valence-corrected chi connectivity index (χ2v) is 8.28. The van der Waals surface area contributed by atoms with E-state index in [9.17, 15) is 14.3 Å². The van der Waals surface area contributed by atoms with E-state index in [1.165, 1.54) is 0 Å². The predicted molar refractivity (Wildman–Crippen MR) is 97.4 cm³/mol. The largest absolute Gasteiger partial charge is 0.393 e. The minimum absolute atomic E-state index is 0.210. The summed E-state index contributed by atoms with van der Waals surface area (Å²) in [6.45, 7) is 3.85. The Labute approximate surface area is 154 Å². The Morgan fingerprint density at radius 1 is 1.23 bits per heavy atom. The number of rotatable bonds is 2. The van der Waals surface area contributed by atoms with E-state index in [1.54, 1.807) is 19.2 Å². The van der Waals surface area contributed by atoms with E-state index in [-0.39, 0.29) is 23.9 Å². The molecule has 3 fully saturated rings. The van der Waals surface area contributed by atoms with Crippen molar-refractivity contribution in [1.82, 2.24) is 9.88 Å². The molecule has 3 heterocycles. The van der Waals surface area contributed by atoms with Crippen LogP contribution in [0.15, 0.2) is 12.3 Å². The number of carbonyl (C=O) groups is 1. The number of anilines is 1. The third-order valence-corrected chi connectivity index (χ3v) is 6.59. The van der Waals surface area contributed by atoms with Gasteiger partial charge in [0, 0.05) is 31.9 Å². The first-order valence-electron chi connectivity index (χ1n) is 9.85. The number of likely N-dealkylation sites (tertiary alicyclic amines) is 1. The third kappa shape index (κ3) is 2.98. The Morgan fingerprint density at radius 3 is 2.77 bits per heavy atom. The van der Waals surface area contributed by atoms with E-state index in [4.69, 9.17) is 0 Å². The van der Waals surface area contributed by atoms with Gasteiger partial charge in [-0.15, -0.1) is 0 Å². The van der Waals surface area contributed by atoms with E-state index >= 15 is 0 Å². The molecule has 26 heavy (non-hydrogen) atoms. The van der Waals surface area contributed by atoms with E-state index in [0.29, 0.717) is 17.9 Å². The van der Waals surface area contributed by atoms with Gasteiger partial charge in [-0.3, -0.25) is 4.79 Å². The van der Waals surface area contributed by atoms with Gasteiger partial charge in [0.2, 0.25) is 5.91 Å². The molecule has 0 bridgehead atoms. The van der Waals surface area contributed by atoms with Gasteiger partial charge in [0.1, 0.15) is 0 Å². The molecule has 1 atom stereocenters. The van der Waals surface area contributed by atoms with Crippen LogP contribution in [0.2, 0.25) is 0 Å². The number of amides is 1. The summed E-state index contributed by atoms with van der Waals surface area (Å²) in [5.41, 5.74) is 0.196. The second kappa shape index (κ2) is 6.80. The molecule has 1 amide bonds. The molecular formula is C20H28FN3O2. The maximum absolute atomic E-state index is 14.5. The van der Waals surface area contributed by atoms with Gasteiger partial charge in [-0.05, 0) is 63.5 Å².